The van der Waals surface area contributed by atoms with E-state index in [-0.39, 0.29) is 5.75 Å². The number of phenolic OH excluding ortho intramolecular Hbond substituents is 1. The number of amides is 2. The number of nitrogens with one attached hydrogen (secondary N) is 2. The topological polar surface area (TPSA) is 108 Å². The van der Waals surface area contributed by atoms with Gasteiger partial charge in [0.05, 0.1) is 4.47 Å². The van der Waals surface area contributed by atoms with Gasteiger partial charge in [0.15, 0.2) is 0 Å². The third kappa shape index (κ3) is 8.21. The first-order chi connectivity index (χ1) is 14.8. The molecule has 0 saturated heterocycles. The van der Waals surface area contributed by atoms with Crippen LogP contribution >= 0.6 is 43.6 Å². The lowest BCUT2D eigenvalue weighted by atomic mass is 10.0. The van der Waals surface area contributed by atoms with Crippen LogP contribution in [0.3, 0.4) is 0 Å². The molecule has 0 aliphatic rings. The fraction of sp³-hybridized carbons (Fsp3) is 0.238. The van der Waals surface area contributed by atoms with E-state index in [0.29, 0.717) is 39.5 Å². The minimum atomic E-state index is -0.723. The Morgan fingerprint density at radius 1 is 1.23 bits per heavy atom. The van der Waals surface area contributed by atoms with Crippen LogP contribution in [-0.2, 0) is 9.53 Å². The maximum atomic E-state index is 12.5. The first-order valence-electron chi connectivity index (χ1n) is 9.24. The quantitative estimate of drug-likeness (QED) is 0.0940. The molecule has 31 heavy (non-hydrogen) atoms. The highest BCUT2D eigenvalue weighted by molar-refractivity contribution is 9.11. The van der Waals surface area contributed by atoms with Crippen LogP contribution in [0.4, 0.5) is 10.5 Å². The molecule has 2 aromatic rings. The maximum absolute atomic E-state index is 12.5. The highest BCUT2D eigenvalue weighted by atomic mass is 79.9. The summed E-state index contributed by atoms with van der Waals surface area (Å²) >= 11 is 8.29. The number of aromatic hydroxyl groups is 1. The fourth-order valence-electron chi connectivity index (χ4n) is 2.71. The van der Waals surface area contributed by atoms with Crippen LogP contribution in [0.1, 0.15) is 30.9 Å². The molecule has 1 atom stereocenters. The lowest BCUT2D eigenvalue weighted by molar-refractivity contribution is -0.124. The van der Waals surface area contributed by atoms with Crippen LogP contribution in [0.15, 0.2) is 62.4 Å². The third-order valence-corrected chi connectivity index (χ3v) is 6.01. The van der Waals surface area contributed by atoms with E-state index >= 15 is 0 Å². The van der Waals surface area contributed by atoms with E-state index in [1.807, 2.05) is 18.4 Å². The number of halogens is 2. The first-order valence-corrected chi connectivity index (χ1v) is 12.0. The van der Waals surface area contributed by atoms with Gasteiger partial charge in [-0.3, -0.25) is 15.3 Å². The Balaban J connectivity index is 2.11. The number of ether oxygens (including phenoxy) is 1. The van der Waals surface area contributed by atoms with Gasteiger partial charge in [-0.05, 0) is 77.8 Å². The molecule has 0 spiro atoms. The van der Waals surface area contributed by atoms with Crippen molar-refractivity contribution in [1.82, 2.24) is 5.48 Å². The summed E-state index contributed by atoms with van der Waals surface area (Å²) in [7, 11) is 0. The Hall–Kier alpha value is -2.01. The molecule has 10 heteroatoms. The van der Waals surface area contributed by atoms with E-state index in [1.54, 1.807) is 42.1 Å². The summed E-state index contributed by atoms with van der Waals surface area (Å²) in [4.78, 5) is 24.6. The minimum Gasteiger partial charge on any atom is -0.506 e. The molecule has 0 saturated carbocycles. The summed E-state index contributed by atoms with van der Waals surface area (Å²) in [6.07, 6.45) is 4.91. The van der Waals surface area contributed by atoms with E-state index in [2.05, 4.69) is 37.2 Å². The number of rotatable bonds is 9. The standard InChI is InChI=1S/C21H22Br2N2O5S/c1-31-15-9-7-14(8-10-15)24-21(28)30-18(5-3-2-4-6-19(26)25-29)16-11-13(22)12-17(23)20(16)27/h4,6-12,18,27,29H,2-3,5H2,1H3,(H,24,28)(H,25,26)/b6-4+/t18-/m1/s1. The van der Waals surface area contributed by atoms with Gasteiger partial charge in [-0.1, -0.05) is 22.0 Å². The first kappa shape index (κ1) is 25.3. The van der Waals surface area contributed by atoms with Crippen LogP contribution in [0.5, 0.6) is 5.75 Å². The summed E-state index contributed by atoms with van der Waals surface area (Å²) in [5.74, 6) is -0.631. The molecule has 0 radical (unpaired) electrons. The van der Waals surface area contributed by atoms with Crippen LogP contribution in [0.2, 0.25) is 0 Å². The number of hydrogen-bond acceptors (Lipinski definition) is 6. The van der Waals surface area contributed by atoms with E-state index < -0.39 is 18.1 Å². The smallest absolute Gasteiger partial charge is 0.412 e. The lowest BCUT2D eigenvalue weighted by Gasteiger charge is -2.20. The number of unbranched alkanes of at least 4 members (excludes halogenated alkanes) is 1. The van der Waals surface area contributed by atoms with Crippen LogP contribution in [0.25, 0.3) is 0 Å². The normalized spacial score (nSPS) is 11.9. The highest BCUT2D eigenvalue weighted by Gasteiger charge is 2.22. The van der Waals surface area contributed by atoms with Crippen molar-refractivity contribution >= 4 is 61.3 Å². The summed E-state index contributed by atoms with van der Waals surface area (Å²) in [6.45, 7) is 0. The zero-order chi connectivity index (χ0) is 22.8. The Morgan fingerprint density at radius 2 is 1.94 bits per heavy atom. The predicted molar refractivity (Wildman–Crippen MR) is 127 cm³/mol. The van der Waals surface area contributed by atoms with Crippen molar-refractivity contribution in [3.63, 3.8) is 0 Å². The second-order valence-electron chi connectivity index (χ2n) is 6.38. The van der Waals surface area contributed by atoms with E-state index in [0.717, 1.165) is 4.90 Å². The number of benzene rings is 2. The molecule has 166 valence electrons. The second-order valence-corrected chi connectivity index (χ2v) is 9.03. The summed E-state index contributed by atoms with van der Waals surface area (Å²) < 4.78 is 6.82. The lowest BCUT2D eigenvalue weighted by Crippen LogP contribution is -2.18. The van der Waals surface area contributed by atoms with Gasteiger partial charge in [0.1, 0.15) is 11.9 Å². The third-order valence-electron chi connectivity index (χ3n) is 4.21. The molecule has 0 aromatic heterocycles. The molecule has 2 rings (SSSR count). The van der Waals surface area contributed by atoms with Crippen molar-refractivity contribution in [3.8, 4) is 5.75 Å². The van der Waals surface area contributed by atoms with Crippen LogP contribution in [-0.4, -0.2) is 28.6 Å². The average Bonchev–Trinajstić information content (AvgIpc) is 2.75. The Morgan fingerprint density at radius 3 is 2.58 bits per heavy atom. The predicted octanol–water partition coefficient (Wildman–Crippen LogP) is 6.16. The largest absolute Gasteiger partial charge is 0.506 e. The second kappa shape index (κ2) is 12.7. The summed E-state index contributed by atoms with van der Waals surface area (Å²) in [5.41, 5.74) is 2.57. The van der Waals surface area contributed by atoms with E-state index in [4.69, 9.17) is 9.94 Å². The zero-order valence-corrected chi connectivity index (χ0v) is 20.6. The summed E-state index contributed by atoms with van der Waals surface area (Å²) in [5, 5.41) is 21.7. The molecule has 0 heterocycles. The number of phenols is 1. The van der Waals surface area contributed by atoms with E-state index in [9.17, 15) is 14.7 Å². The number of allylic oxidation sites excluding steroid dienone is 1. The van der Waals surface area contributed by atoms with Gasteiger partial charge in [-0.2, -0.15) is 0 Å². The monoisotopic (exact) mass is 572 g/mol. The molecule has 7 nitrogen and oxygen atoms in total. The van der Waals surface area contributed by atoms with Crippen molar-refractivity contribution in [2.45, 2.75) is 30.3 Å². The number of carbonyl (C=O) groups excluding carboxylic acids is 2. The van der Waals surface area contributed by atoms with Gasteiger partial charge in [0, 0.05) is 26.7 Å². The van der Waals surface area contributed by atoms with E-state index in [1.165, 1.54) is 11.6 Å². The zero-order valence-electron chi connectivity index (χ0n) is 16.6. The van der Waals surface area contributed by atoms with Gasteiger partial charge in [-0.25, -0.2) is 10.3 Å². The molecular weight excluding hydrogens is 552 g/mol. The molecule has 4 N–H and O–H groups in total. The van der Waals surface area contributed by atoms with Gasteiger partial charge in [0.25, 0.3) is 5.91 Å². The van der Waals surface area contributed by atoms with Gasteiger partial charge >= 0.3 is 6.09 Å². The van der Waals surface area contributed by atoms with Crippen molar-refractivity contribution in [1.29, 1.82) is 0 Å². The maximum Gasteiger partial charge on any atom is 0.412 e. The fourth-order valence-corrected chi connectivity index (χ4v) is 4.38. The Kier molecular flexibility index (Phi) is 10.4. The Labute approximate surface area is 201 Å². The number of anilines is 1. The number of thioether (sulfide) groups is 1. The number of hydrogen-bond donors (Lipinski definition) is 4. The highest BCUT2D eigenvalue weighted by Crippen LogP contribution is 2.38. The molecule has 0 aliphatic carbocycles. The summed E-state index contributed by atoms with van der Waals surface area (Å²) in [6, 6.07) is 10.7. The van der Waals surface area contributed by atoms with Crippen molar-refractivity contribution < 1.29 is 24.6 Å². The SMILES string of the molecule is CSc1ccc(NC(=O)O[C@H](CCC/C=C/C(=O)NO)c2cc(Br)cc(Br)c2O)cc1. The minimum absolute atomic E-state index is 0.0134. The molecule has 0 aliphatic heterocycles. The Bertz CT molecular complexity index is 938. The molecule has 0 unspecified atom stereocenters. The van der Waals surface area contributed by atoms with Gasteiger partial charge in [0.2, 0.25) is 0 Å². The van der Waals surface area contributed by atoms with Crippen molar-refractivity contribution in [3.05, 3.63) is 63.1 Å². The van der Waals surface area contributed by atoms with Crippen molar-refractivity contribution in [2.75, 3.05) is 11.6 Å². The average molecular weight is 574 g/mol. The molecule has 2 amide bonds. The van der Waals surface area contributed by atoms with Gasteiger partial charge in [-0.15, -0.1) is 11.8 Å². The molecule has 2 aromatic carbocycles. The number of carbonyl (C=O) groups is 2. The molecular formula is C21H22Br2N2O5S. The van der Waals surface area contributed by atoms with Crippen LogP contribution < -0.4 is 10.8 Å². The van der Waals surface area contributed by atoms with Gasteiger partial charge < -0.3 is 9.84 Å². The molecule has 0 fully saturated rings. The molecule has 0 bridgehead atoms. The van der Waals surface area contributed by atoms with Crippen LogP contribution in [0, 0.1) is 0 Å². The number of hydroxylamine groups is 1. The van der Waals surface area contributed by atoms with Crippen molar-refractivity contribution in [2.24, 2.45) is 0 Å².